The lowest BCUT2D eigenvalue weighted by molar-refractivity contribution is -0.120. The molecule has 1 amide bonds. The van der Waals surface area contributed by atoms with Gasteiger partial charge in [-0.15, -0.1) is 0 Å². The zero-order valence-corrected chi connectivity index (χ0v) is 13.0. The molecule has 1 N–H and O–H groups in total. The molecule has 1 aromatic rings. The zero-order chi connectivity index (χ0) is 15.7. The van der Waals surface area contributed by atoms with Crippen molar-refractivity contribution in [2.24, 2.45) is 0 Å². The summed E-state index contributed by atoms with van der Waals surface area (Å²) in [5.41, 5.74) is 0.790. The Labute approximate surface area is 129 Å². The van der Waals surface area contributed by atoms with Gasteiger partial charge in [-0.3, -0.25) is 4.79 Å². The highest BCUT2D eigenvalue weighted by atomic mass is 35.5. The van der Waals surface area contributed by atoms with Crippen molar-refractivity contribution in [3.8, 4) is 17.6 Å². The Morgan fingerprint density at radius 3 is 2.76 bits per heavy atom. The Morgan fingerprint density at radius 1 is 1.38 bits per heavy atom. The van der Waals surface area contributed by atoms with Crippen LogP contribution in [-0.4, -0.2) is 19.1 Å². The lowest BCUT2D eigenvalue weighted by Gasteiger charge is -2.15. The standard InChI is InChI=1S/C15H19ClN2O3/c1-3-7-21-15-12(16)8-11(9-13(15)20-4-2)10-18-14(19)5-6-17/h8-9H,3-5,7,10H2,1-2H3,(H,18,19). The summed E-state index contributed by atoms with van der Waals surface area (Å²) in [6.07, 6.45) is 0.706. The van der Waals surface area contributed by atoms with Crippen molar-refractivity contribution >= 4 is 17.5 Å². The van der Waals surface area contributed by atoms with Gasteiger partial charge in [-0.25, -0.2) is 0 Å². The molecule has 5 nitrogen and oxygen atoms in total. The van der Waals surface area contributed by atoms with E-state index in [0.29, 0.717) is 29.7 Å². The third-order valence-corrected chi connectivity index (χ3v) is 2.83. The number of nitrogens with zero attached hydrogens (tertiary/aromatic N) is 1. The SMILES string of the molecule is CCCOc1c(Cl)cc(CNC(=O)CC#N)cc1OCC. The fourth-order valence-electron chi connectivity index (χ4n) is 1.67. The van der Waals surface area contributed by atoms with Crippen molar-refractivity contribution in [2.45, 2.75) is 33.2 Å². The summed E-state index contributed by atoms with van der Waals surface area (Å²) in [5, 5.41) is 11.5. The van der Waals surface area contributed by atoms with Gasteiger partial charge in [-0.2, -0.15) is 5.26 Å². The molecule has 0 atom stereocenters. The van der Waals surface area contributed by atoms with Crippen LogP contribution in [0.3, 0.4) is 0 Å². The Morgan fingerprint density at radius 2 is 2.14 bits per heavy atom. The summed E-state index contributed by atoms with van der Waals surface area (Å²) < 4.78 is 11.1. The van der Waals surface area contributed by atoms with Crippen LogP contribution >= 0.6 is 11.6 Å². The van der Waals surface area contributed by atoms with Crippen molar-refractivity contribution < 1.29 is 14.3 Å². The Kier molecular flexibility index (Phi) is 7.41. The number of carbonyl (C=O) groups is 1. The van der Waals surface area contributed by atoms with Crippen LogP contribution in [0.2, 0.25) is 5.02 Å². The van der Waals surface area contributed by atoms with Gasteiger partial charge in [0.1, 0.15) is 6.42 Å². The predicted molar refractivity (Wildman–Crippen MR) is 80.5 cm³/mol. The van der Waals surface area contributed by atoms with E-state index in [4.69, 9.17) is 26.3 Å². The minimum Gasteiger partial charge on any atom is -0.490 e. The topological polar surface area (TPSA) is 71.3 Å². The summed E-state index contributed by atoms with van der Waals surface area (Å²) in [6.45, 7) is 5.21. The molecule has 0 unspecified atom stereocenters. The molecule has 6 heteroatoms. The van der Waals surface area contributed by atoms with Crippen LogP contribution in [0.25, 0.3) is 0 Å². The normalized spacial score (nSPS) is 9.81. The van der Waals surface area contributed by atoms with Crippen LogP contribution in [0.5, 0.6) is 11.5 Å². The summed E-state index contributed by atoms with van der Waals surface area (Å²) in [7, 11) is 0. The first-order chi connectivity index (χ1) is 10.1. The number of ether oxygens (including phenoxy) is 2. The maximum atomic E-state index is 11.3. The van der Waals surface area contributed by atoms with Gasteiger partial charge in [0.15, 0.2) is 11.5 Å². The molecule has 0 heterocycles. The van der Waals surface area contributed by atoms with Crippen LogP contribution in [0.1, 0.15) is 32.3 Å². The van der Waals surface area contributed by atoms with Gasteiger partial charge in [-0.05, 0) is 31.0 Å². The number of amides is 1. The van der Waals surface area contributed by atoms with Crippen molar-refractivity contribution in [2.75, 3.05) is 13.2 Å². The number of nitrogens with one attached hydrogen (secondary N) is 1. The van der Waals surface area contributed by atoms with Crippen LogP contribution < -0.4 is 14.8 Å². The number of benzene rings is 1. The highest BCUT2D eigenvalue weighted by Crippen LogP contribution is 2.36. The summed E-state index contributed by atoms with van der Waals surface area (Å²) >= 11 is 6.21. The van der Waals surface area contributed by atoms with Crippen LogP contribution in [0, 0.1) is 11.3 Å². The molecular weight excluding hydrogens is 292 g/mol. The minimum atomic E-state index is -0.321. The van der Waals surface area contributed by atoms with E-state index in [2.05, 4.69) is 5.32 Å². The fourth-order valence-corrected chi connectivity index (χ4v) is 1.95. The van der Waals surface area contributed by atoms with Gasteiger partial charge < -0.3 is 14.8 Å². The second kappa shape index (κ2) is 9.09. The number of carbonyl (C=O) groups excluding carboxylic acids is 1. The van der Waals surface area contributed by atoms with E-state index in [-0.39, 0.29) is 18.9 Å². The van der Waals surface area contributed by atoms with Crippen molar-refractivity contribution in [1.29, 1.82) is 5.26 Å². The molecule has 114 valence electrons. The largest absolute Gasteiger partial charge is 0.490 e. The second-order valence-electron chi connectivity index (χ2n) is 4.30. The van der Waals surface area contributed by atoms with E-state index in [1.165, 1.54) is 0 Å². The Hall–Kier alpha value is -1.93. The van der Waals surface area contributed by atoms with Gasteiger partial charge in [-0.1, -0.05) is 18.5 Å². The molecule has 0 aliphatic rings. The van der Waals surface area contributed by atoms with Crippen molar-refractivity contribution in [3.63, 3.8) is 0 Å². The zero-order valence-electron chi connectivity index (χ0n) is 12.2. The molecule has 0 saturated heterocycles. The first kappa shape index (κ1) is 17.1. The molecule has 0 aliphatic carbocycles. The maximum absolute atomic E-state index is 11.3. The third kappa shape index (κ3) is 5.52. The predicted octanol–water partition coefficient (Wildman–Crippen LogP) is 3.06. The highest BCUT2D eigenvalue weighted by Gasteiger charge is 2.13. The highest BCUT2D eigenvalue weighted by molar-refractivity contribution is 6.32. The molecule has 0 bridgehead atoms. The number of rotatable bonds is 8. The second-order valence-corrected chi connectivity index (χ2v) is 4.71. The molecule has 21 heavy (non-hydrogen) atoms. The molecule has 0 saturated carbocycles. The Bertz CT molecular complexity index is 526. The molecule has 1 rings (SSSR count). The molecule has 0 radical (unpaired) electrons. The number of halogens is 1. The van der Waals surface area contributed by atoms with E-state index in [9.17, 15) is 4.79 Å². The molecule has 0 aliphatic heterocycles. The lowest BCUT2D eigenvalue weighted by Crippen LogP contribution is -2.21. The summed E-state index contributed by atoms with van der Waals surface area (Å²) in [5.74, 6) is 0.758. The number of hydrogen-bond acceptors (Lipinski definition) is 4. The first-order valence-corrected chi connectivity index (χ1v) is 7.21. The van der Waals surface area contributed by atoms with Gasteiger partial charge in [0.2, 0.25) is 5.91 Å². The van der Waals surface area contributed by atoms with E-state index < -0.39 is 0 Å². The van der Waals surface area contributed by atoms with E-state index in [1.807, 2.05) is 13.8 Å². The number of hydrogen-bond donors (Lipinski definition) is 1. The smallest absolute Gasteiger partial charge is 0.234 e. The number of nitriles is 1. The van der Waals surface area contributed by atoms with E-state index in [0.717, 1.165) is 12.0 Å². The van der Waals surface area contributed by atoms with Crippen molar-refractivity contribution in [3.05, 3.63) is 22.7 Å². The molecule has 0 spiro atoms. The van der Waals surface area contributed by atoms with E-state index in [1.54, 1.807) is 18.2 Å². The first-order valence-electron chi connectivity index (χ1n) is 6.84. The van der Waals surface area contributed by atoms with Crippen LogP contribution in [-0.2, 0) is 11.3 Å². The quantitative estimate of drug-likeness (QED) is 0.801. The summed E-state index contributed by atoms with van der Waals surface area (Å²) in [4.78, 5) is 11.3. The fraction of sp³-hybridized carbons (Fsp3) is 0.467. The monoisotopic (exact) mass is 310 g/mol. The Balaban J connectivity index is 2.87. The summed E-state index contributed by atoms with van der Waals surface area (Å²) in [6, 6.07) is 5.30. The molecular formula is C15H19ClN2O3. The average molecular weight is 311 g/mol. The van der Waals surface area contributed by atoms with Gasteiger partial charge in [0, 0.05) is 6.54 Å². The van der Waals surface area contributed by atoms with Gasteiger partial charge >= 0.3 is 0 Å². The van der Waals surface area contributed by atoms with Gasteiger partial charge in [0.25, 0.3) is 0 Å². The van der Waals surface area contributed by atoms with Crippen LogP contribution in [0.15, 0.2) is 12.1 Å². The molecule has 1 aromatic carbocycles. The maximum Gasteiger partial charge on any atom is 0.234 e. The third-order valence-electron chi connectivity index (χ3n) is 2.55. The molecule has 0 fully saturated rings. The lowest BCUT2D eigenvalue weighted by atomic mass is 10.2. The van der Waals surface area contributed by atoms with Crippen molar-refractivity contribution in [1.82, 2.24) is 5.32 Å². The minimum absolute atomic E-state index is 0.163. The van der Waals surface area contributed by atoms with Gasteiger partial charge in [0.05, 0.1) is 24.3 Å². The average Bonchev–Trinajstić information content (AvgIpc) is 2.45. The molecule has 0 aromatic heterocycles. The van der Waals surface area contributed by atoms with Crippen LogP contribution in [0.4, 0.5) is 0 Å². The van der Waals surface area contributed by atoms with E-state index >= 15 is 0 Å².